The van der Waals surface area contributed by atoms with E-state index in [1.807, 2.05) is 0 Å². The molecule has 0 N–H and O–H groups in total. The molecule has 0 heterocycles. The zero-order chi connectivity index (χ0) is 5.86. The van der Waals surface area contributed by atoms with Gasteiger partial charge in [0.1, 0.15) is 0 Å². The first kappa shape index (κ1) is 7.64. The van der Waals surface area contributed by atoms with Crippen molar-refractivity contribution in [3.8, 4) is 0 Å². The molecule has 0 aliphatic rings. The summed E-state index contributed by atoms with van der Waals surface area (Å²) in [6.45, 7) is 3.22. The van der Waals surface area contributed by atoms with Crippen molar-refractivity contribution in [1.82, 2.24) is 0 Å². The topological polar surface area (TPSA) is 9.23 Å². The van der Waals surface area contributed by atoms with E-state index in [0.717, 1.165) is 0 Å². The van der Waals surface area contributed by atoms with E-state index < -0.39 is 21.8 Å². The average molecular weight is 219 g/mol. The van der Waals surface area contributed by atoms with Crippen molar-refractivity contribution in [2.45, 2.75) is 20.0 Å². The van der Waals surface area contributed by atoms with E-state index in [4.69, 9.17) is 0 Å². The fourth-order valence-electron chi connectivity index (χ4n) is 0.159. The molecular weight excluding hydrogens is 212 g/mol. The van der Waals surface area contributed by atoms with E-state index in [2.05, 4.69) is 3.02 Å². The molecule has 7 heavy (non-hydrogen) atoms. The van der Waals surface area contributed by atoms with Crippen LogP contribution < -0.4 is 0 Å². The zero-order valence-electron chi connectivity index (χ0n) is 4.19. The minimum absolute atomic E-state index is 0.294. The van der Waals surface area contributed by atoms with Crippen molar-refractivity contribution >= 4 is 21.8 Å². The van der Waals surface area contributed by atoms with Gasteiger partial charge in [0.25, 0.3) is 0 Å². The van der Waals surface area contributed by atoms with E-state index in [9.17, 15) is 5.63 Å². The second kappa shape index (κ2) is 3.62. The monoisotopic (exact) mass is 218 g/mol. The molecule has 0 spiro atoms. The van der Waals surface area contributed by atoms with Gasteiger partial charge >= 0.3 is 50.4 Å². The molecular formula is C3H7F2OSb. The van der Waals surface area contributed by atoms with Crippen LogP contribution in [-0.4, -0.2) is 27.9 Å². The molecule has 44 valence electrons. The van der Waals surface area contributed by atoms with Crippen LogP contribution in [0.5, 0.6) is 0 Å². The van der Waals surface area contributed by atoms with E-state index in [1.54, 1.807) is 13.8 Å². The van der Waals surface area contributed by atoms with Crippen molar-refractivity contribution in [2.24, 2.45) is 0 Å². The standard InChI is InChI=1S/C3H7O.2FH.Sb/c1-3(2)4;;;/h3H,1-2H3;2*1H;/q-1;;;+3/p-2. The van der Waals surface area contributed by atoms with E-state index in [0.29, 0.717) is 0 Å². The molecule has 0 aliphatic carbocycles. The Morgan fingerprint density at radius 1 is 1.43 bits per heavy atom. The second-order valence-electron chi connectivity index (χ2n) is 1.36. The summed E-state index contributed by atoms with van der Waals surface area (Å²) >= 11 is -4.08. The van der Waals surface area contributed by atoms with Crippen molar-refractivity contribution < 1.29 is 8.64 Å². The molecule has 0 fully saturated rings. The van der Waals surface area contributed by atoms with Gasteiger partial charge in [-0.25, -0.2) is 0 Å². The molecule has 0 aliphatic heterocycles. The van der Waals surface area contributed by atoms with E-state index >= 15 is 0 Å². The van der Waals surface area contributed by atoms with Crippen LogP contribution in [0.4, 0.5) is 5.63 Å². The Morgan fingerprint density at radius 3 is 1.86 bits per heavy atom. The number of rotatable bonds is 2. The van der Waals surface area contributed by atoms with Crippen LogP contribution in [0, 0.1) is 0 Å². The van der Waals surface area contributed by atoms with Gasteiger partial charge in [-0.1, -0.05) is 0 Å². The second-order valence-corrected chi connectivity index (χ2v) is 3.11. The first-order valence-corrected chi connectivity index (χ1v) is 4.88. The maximum atomic E-state index is 11.2. The first-order chi connectivity index (χ1) is 3.13. The van der Waals surface area contributed by atoms with Gasteiger partial charge in [-0.15, -0.1) is 0 Å². The van der Waals surface area contributed by atoms with Gasteiger partial charge < -0.3 is 0 Å². The van der Waals surface area contributed by atoms with Crippen LogP contribution in [-0.2, 0) is 3.02 Å². The summed E-state index contributed by atoms with van der Waals surface area (Å²) in [5, 5.41) is 0. The van der Waals surface area contributed by atoms with E-state index in [1.165, 1.54) is 0 Å². The summed E-state index contributed by atoms with van der Waals surface area (Å²) in [4.78, 5) is 0. The van der Waals surface area contributed by atoms with Crippen molar-refractivity contribution in [2.75, 3.05) is 0 Å². The average Bonchev–Trinajstić information content (AvgIpc) is 1.27. The van der Waals surface area contributed by atoms with Crippen LogP contribution >= 0.6 is 0 Å². The molecule has 0 aromatic heterocycles. The number of hydrogen-bond acceptors (Lipinski definition) is 1. The molecule has 0 amide bonds. The third-order valence-corrected chi connectivity index (χ3v) is 1.95. The third-order valence-electron chi connectivity index (χ3n) is 0.291. The molecule has 0 saturated carbocycles. The summed E-state index contributed by atoms with van der Waals surface area (Å²) in [6.07, 6.45) is -0.294. The van der Waals surface area contributed by atoms with Crippen LogP contribution in [0.15, 0.2) is 0 Å². The molecule has 0 aromatic carbocycles. The fourth-order valence-corrected chi connectivity index (χ4v) is 1.07. The summed E-state index contributed by atoms with van der Waals surface area (Å²) in [6, 6.07) is 0. The Kier molecular flexibility index (Phi) is 3.95. The normalized spacial score (nSPS) is 11.1. The summed E-state index contributed by atoms with van der Waals surface area (Å²) < 4.78 is 26.6. The Balaban J connectivity index is 2.95. The number of hydrogen-bond donors (Lipinski definition) is 0. The quantitative estimate of drug-likeness (QED) is 0.636. The molecule has 0 saturated heterocycles. The molecule has 0 aromatic rings. The van der Waals surface area contributed by atoms with Gasteiger partial charge in [0.05, 0.1) is 0 Å². The SMILES string of the molecule is CC(C)[O][Sb]([F])[F]. The molecule has 0 radical (unpaired) electrons. The molecule has 4 heteroatoms. The predicted molar refractivity (Wildman–Crippen MR) is 24.2 cm³/mol. The molecule has 0 bridgehead atoms. The van der Waals surface area contributed by atoms with Gasteiger partial charge in [-0.05, 0) is 0 Å². The Labute approximate surface area is 50.8 Å². The van der Waals surface area contributed by atoms with E-state index in [-0.39, 0.29) is 6.10 Å². The van der Waals surface area contributed by atoms with Gasteiger partial charge in [0, 0.05) is 0 Å². The Morgan fingerprint density at radius 2 is 1.86 bits per heavy atom. The van der Waals surface area contributed by atoms with Crippen LogP contribution in [0.1, 0.15) is 13.8 Å². The van der Waals surface area contributed by atoms with Crippen LogP contribution in [0.25, 0.3) is 0 Å². The van der Waals surface area contributed by atoms with Gasteiger partial charge in [-0.3, -0.25) is 0 Å². The zero-order valence-corrected chi connectivity index (χ0v) is 6.74. The van der Waals surface area contributed by atoms with Gasteiger partial charge in [0.15, 0.2) is 0 Å². The van der Waals surface area contributed by atoms with Gasteiger partial charge in [-0.2, -0.15) is 0 Å². The van der Waals surface area contributed by atoms with Crippen molar-refractivity contribution in [1.29, 1.82) is 0 Å². The fraction of sp³-hybridized carbons (Fsp3) is 1.00. The summed E-state index contributed by atoms with van der Waals surface area (Å²) in [7, 11) is 0. The molecule has 0 unspecified atom stereocenters. The van der Waals surface area contributed by atoms with Crippen molar-refractivity contribution in [3.63, 3.8) is 0 Å². The van der Waals surface area contributed by atoms with Crippen LogP contribution in [0.3, 0.4) is 0 Å². The number of halogens is 2. The minimum atomic E-state index is -4.08. The summed E-state index contributed by atoms with van der Waals surface area (Å²) in [5.74, 6) is 0. The predicted octanol–water partition coefficient (Wildman–Crippen LogP) is 1.34. The first-order valence-electron chi connectivity index (χ1n) is 1.91. The van der Waals surface area contributed by atoms with Crippen LogP contribution in [0.2, 0.25) is 0 Å². The Bertz CT molecular complexity index is 42.2. The van der Waals surface area contributed by atoms with Crippen molar-refractivity contribution in [3.05, 3.63) is 0 Å². The Hall–Kier alpha value is 0.638. The summed E-state index contributed by atoms with van der Waals surface area (Å²) in [5.41, 5.74) is 0. The third kappa shape index (κ3) is 6.64. The van der Waals surface area contributed by atoms with Gasteiger partial charge in [0.2, 0.25) is 0 Å². The molecule has 0 rings (SSSR count). The maximum absolute atomic E-state index is 11.2. The molecule has 1 nitrogen and oxygen atoms in total. The molecule has 0 atom stereocenters.